The van der Waals surface area contributed by atoms with E-state index in [2.05, 4.69) is 5.32 Å². The molecule has 9 heteroatoms. The Bertz CT molecular complexity index is 892. The molecular weight excluding hydrogens is 372 g/mol. The van der Waals surface area contributed by atoms with Crippen LogP contribution in [0.3, 0.4) is 0 Å². The van der Waals surface area contributed by atoms with Crippen molar-refractivity contribution in [3.8, 4) is 0 Å². The predicted octanol–water partition coefficient (Wildman–Crippen LogP) is 1.84. The van der Waals surface area contributed by atoms with Crippen molar-refractivity contribution in [2.45, 2.75) is 26.2 Å². The topological polar surface area (TPSA) is 109 Å². The molecule has 0 fully saturated rings. The van der Waals surface area contributed by atoms with Crippen molar-refractivity contribution in [3.05, 3.63) is 51.3 Å². The highest BCUT2D eigenvalue weighted by Gasteiger charge is 2.28. The second kappa shape index (κ2) is 8.17. The maximum absolute atomic E-state index is 12.3. The summed E-state index contributed by atoms with van der Waals surface area (Å²) in [5, 5.41) is 14.5. The van der Waals surface area contributed by atoms with E-state index in [-0.39, 0.29) is 12.3 Å². The number of anilines is 1. The zero-order valence-corrected chi connectivity index (χ0v) is 15.5. The summed E-state index contributed by atoms with van der Waals surface area (Å²) >= 11 is 1.34. The van der Waals surface area contributed by atoms with Crippen molar-refractivity contribution >= 4 is 34.2 Å². The number of aromatic nitrogens is 1. The number of nitrogens with one attached hydrogen (secondary N) is 1. The van der Waals surface area contributed by atoms with E-state index in [9.17, 15) is 19.6 Å². The van der Waals surface area contributed by atoms with Gasteiger partial charge in [-0.15, -0.1) is 11.3 Å². The molecule has 8 nitrogen and oxygen atoms in total. The maximum Gasteiger partial charge on any atom is 0.405 e. The van der Waals surface area contributed by atoms with Gasteiger partial charge in [0.15, 0.2) is 12.8 Å². The Balaban J connectivity index is 1.67. The molecule has 1 aliphatic rings. The highest BCUT2D eigenvalue weighted by atomic mass is 32.1. The molecule has 0 unspecified atom stereocenters. The van der Waals surface area contributed by atoms with Crippen molar-refractivity contribution in [2.24, 2.45) is 0 Å². The molecule has 0 saturated carbocycles. The molecule has 0 bridgehead atoms. The number of ether oxygens (including phenoxy) is 2. The van der Waals surface area contributed by atoms with Crippen molar-refractivity contribution in [2.75, 3.05) is 18.5 Å². The number of hydrogen-bond acceptors (Lipinski definition) is 7. The Morgan fingerprint density at radius 1 is 1.22 bits per heavy atom. The lowest BCUT2D eigenvalue weighted by Crippen LogP contribution is -2.35. The Hall–Kier alpha value is -2.94. The fourth-order valence-corrected chi connectivity index (χ4v) is 4.16. The Morgan fingerprint density at radius 3 is 2.78 bits per heavy atom. The highest BCUT2D eigenvalue weighted by Crippen LogP contribution is 2.39. The van der Waals surface area contributed by atoms with Gasteiger partial charge >= 0.3 is 17.6 Å². The van der Waals surface area contributed by atoms with Crippen LogP contribution >= 0.6 is 11.3 Å². The van der Waals surface area contributed by atoms with Gasteiger partial charge in [0.25, 0.3) is 5.91 Å². The van der Waals surface area contributed by atoms with Gasteiger partial charge in [0.2, 0.25) is 0 Å². The number of fused-ring (bicyclic) bond motifs is 1. The number of aryl methyl sites for hydroxylation is 1. The highest BCUT2D eigenvalue weighted by molar-refractivity contribution is 7.17. The lowest BCUT2D eigenvalue weighted by atomic mass is 10.1. The van der Waals surface area contributed by atoms with Crippen LogP contribution in [0.5, 0.6) is 0 Å². The van der Waals surface area contributed by atoms with Crippen molar-refractivity contribution in [1.82, 2.24) is 0 Å². The summed E-state index contributed by atoms with van der Waals surface area (Å²) in [6, 6.07) is 4.29. The molecule has 3 rings (SSSR count). The number of hydrogen-bond donors (Lipinski definition) is 1. The molecule has 27 heavy (non-hydrogen) atoms. The van der Waals surface area contributed by atoms with E-state index in [0.29, 0.717) is 15.3 Å². The molecule has 2 heterocycles. The van der Waals surface area contributed by atoms with Crippen molar-refractivity contribution in [1.29, 1.82) is 0 Å². The van der Waals surface area contributed by atoms with E-state index in [4.69, 9.17) is 9.47 Å². The van der Waals surface area contributed by atoms with E-state index in [1.165, 1.54) is 29.5 Å². The van der Waals surface area contributed by atoms with E-state index < -0.39 is 24.5 Å². The van der Waals surface area contributed by atoms with Gasteiger partial charge in [0, 0.05) is 17.0 Å². The van der Waals surface area contributed by atoms with Gasteiger partial charge in [-0.25, -0.2) is 9.59 Å². The lowest BCUT2D eigenvalue weighted by molar-refractivity contribution is -0.608. The second-order valence-electron chi connectivity index (χ2n) is 5.82. The molecular formula is C18H18N2O6S. The predicted molar refractivity (Wildman–Crippen MR) is 96.6 cm³/mol. The normalized spacial score (nSPS) is 12.3. The number of amides is 1. The molecule has 1 N–H and O–H groups in total. The van der Waals surface area contributed by atoms with Gasteiger partial charge in [0.05, 0.1) is 12.2 Å². The second-order valence-corrected chi connectivity index (χ2v) is 6.92. The van der Waals surface area contributed by atoms with Gasteiger partial charge in [-0.2, -0.15) is 4.73 Å². The zero-order valence-electron chi connectivity index (χ0n) is 14.6. The molecule has 0 aliphatic heterocycles. The van der Waals surface area contributed by atoms with Crippen LogP contribution in [-0.4, -0.2) is 31.1 Å². The Morgan fingerprint density at radius 2 is 2.04 bits per heavy atom. The molecule has 0 atom stereocenters. The average molecular weight is 390 g/mol. The molecule has 1 amide bonds. The first-order chi connectivity index (χ1) is 13.0. The van der Waals surface area contributed by atoms with Gasteiger partial charge in [-0.3, -0.25) is 4.79 Å². The van der Waals surface area contributed by atoms with Crippen LogP contribution in [0.4, 0.5) is 5.00 Å². The number of thiophene rings is 1. The van der Waals surface area contributed by atoms with Gasteiger partial charge in [0.1, 0.15) is 5.00 Å². The van der Waals surface area contributed by atoms with Crippen LogP contribution in [0.15, 0.2) is 24.4 Å². The molecule has 0 saturated heterocycles. The van der Waals surface area contributed by atoms with Crippen LogP contribution in [-0.2, 0) is 27.1 Å². The van der Waals surface area contributed by atoms with Crippen LogP contribution in [0.2, 0.25) is 0 Å². The minimum atomic E-state index is -0.903. The molecule has 0 radical (unpaired) electrons. The summed E-state index contributed by atoms with van der Waals surface area (Å²) in [7, 11) is 0. The Kier molecular flexibility index (Phi) is 5.70. The minimum Gasteiger partial charge on any atom is -0.618 e. The van der Waals surface area contributed by atoms with E-state index >= 15 is 0 Å². The standard InChI is InChI=1S/C18H18N2O6S/c1-2-25-18(23)15-11-6-5-8-13(11)27-16(15)19-14(21)10-26-17(22)12-7-3-4-9-20(12)24/h3-4,7,9H,2,5-6,8,10H2,1H3,(H,19,21). The van der Waals surface area contributed by atoms with Crippen LogP contribution in [0, 0.1) is 5.21 Å². The number of esters is 2. The van der Waals surface area contributed by atoms with Crippen LogP contribution in [0.25, 0.3) is 0 Å². The first kappa shape index (κ1) is 18.8. The zero-order chi connectivity index (χ0) is 19.4. The lowest BCUT2D eigenvalue weighted by Gasteiger charge is -2.08. The maximum atomic E-state index is 12.3. The number of rotatable bonds is 6. The Labute approximate surface area is 159 Å². The molecule has 2 aromatic heterocycles. The third kappa shape index (κ3) is 4.08. The van der Waals surface area contributed by atoms with E-state index in [1.54, 1.807) is 6.92 Å². The largest absolute Gasteiger partial charge is 0.618 e. The summed E-state index contributed by atoms with van der Waals surface area (Å²) in [5.74, 6) is -1.97. The van der Waals surface area contributed by atoms with E-state index in [1.807, 2.05) is 0 Å². The van der Waals surface area contributed by atoms with Crippen LogP contribution < -0.4 is 10.0 Å². The monoisotopic (exact) mass is 390 g/mol. The fraction of sp³-hybridized carbons (Fsp3) is 0.333. The first-order valence-electron chi connectivity index (χ1n) is 8.48. The van der Waals surface area contributed by atoms with Gasteiger partial charge in [-0.05, 0) is 37.8 Å². The summed E-state index contributed by atoms with van der Waals surface area (Å²) in [5.41, 5.74) is 1.09. The SMILES string of the molecule is CCOC(=O)c1c(NC(=O)COC(=O)c2cccc[n+]2[O-])sc2c1CCC2. The smallest absolute Gasteiger partial charge is 0.405 e. The van der Waals surface area contributed by atoms with Crippen LogP contribution in [0.1, 0.15) is 44.6 Å². The molecule has 0 aromatic carbocycles. The molecule has 142 valence electrons. The molecule has 0 spiro atoms. The summed E-state index contributed by atoms with van der Waals surface area (Å²) in [6.45, 7) is 1.38. The van der Waals surface area contributed by atoms with Gasteiger partial charge < -0.3 is 20.0 Å². The van der Waals surface area contributed by atoms with Gasteiger partial charge in [-0.1, -0.05) is 0 Å². The fourth-order valence-electron chi connectivity index (χ4n) is 2.87. The summed E-state index contributed by atoms with van der Waals surface area (Å²) in [6.07, 6.45) is 3.75. The van der Waals surface area contributed by atoms with Crippen molar-refractivity contribution in [3.63, 3.8) is 0 Å². The van der Waals surface area contributed by atoms with Crippen molar-refractivity contribution < 1.29 is 28.6 Å². The summed E-state index contributed by atoms with van der Waals surface area (Å²) < 4.78 is 10.3. The van der Waals surface area contributed by atoms with E-state index in [0.717, 1.165) is 35.9 Å². The summed E-state index contributed by atoms with van der Waals surface area (Å²) in [4.78, 5) is 37.4. The number of pyridine rings is 1. The minimum absolute atomic E-state index is 0.215. The number of carbonyl (C=O) groups is 3. The molecule has 1 aliphatic carbocycles. The third-order valence-corrected chi connectivity index (χ3v) is 5.23. The molecule has 2 aromatic rings. The average Bonchev–Trinajstić information content (AvgIpc) is 3.20. The third-order valence-electron chi connectivity index (χ3n) is 4.02. The number of nitrogens with zero attached hydrogens (tertiary/aromatic N) is 1. The number of carbonyl (C=O) groups excluding carboxylic acids is 3. The first-order valence-corrected chi connectivity index (χ1v) is 9.29. The quantitative estimate of drug-likeness (QED) is 0.458.